The van der Waals surface area contributed by atoms with Gasteiger partial charge in [0.1, 0.15) is 5.75 Å². The molecule has 0 N–H and O–H groups in total. The van der Waals surface area contributed by atoms with E-state index in [0.717, 1.165) is 20.5 Å². The van der Waals surface area contributed by atoms with Crippen molar-refractivity contribution < 1.29 is 4.74 Å². The lowest BCUT2D eigenvalue weighted by Crippen LogP contribution is -1.93. The summed E-state index contributed by atoms with van der Waals surface area (Å²) in [5.41, 5.74) is 0. The lowest BCUT2D eigenvalue weighted by atomic mass is 10.2. The third-order valence-corrected chi connectivity index (χ3v) is 4.08. The van der Waals surface area contributed by atoms with Crippen LogP contribution in [0.2, 0.25) is 0 Å². The molecule has 0 radical (unpaired) electrons. The Balaban J connectivity index is 2.73. The molecular weight excluding hydrogens is 280 g/mol. The normalized spacial score (nSPS) is 10.8. The number of halogens is 1. The van der Waals surface area contributed by atoms with Crippen LogP contribution in [0.4, 0.5) is 0 Å². The molecule has 0 saturated carbocycles. The van der Waals surface area contributed by atoms with Crippen molar-refractivity contribution in [3.8, 4) is 5.75 Å². The first kappa shape index (κ1) is 10.3. The summed E-state index contributed by atoms with van der Waals surface area (Å²) in [4.78, 5) is 0.879. The molecule has 0 aliphatic heterocycles. The Morgan fingerprint density at radius 1 is 1.57 bits per heavy atom. The predicted molar refractivity (Wildman–Crippen MR) is 67.9 cm³/mol. The van der Waals surface area contributed by atoms with Gasteiger partial charge in [-0.05, 0) is 40.4 Å². The highest BCUT2D eigenvalue weighted by Crippen LogP contribution is 2.40. The molecule has 1 heterocycles. The molecule has 0 amide bonds. The molecule has 0 fully saturated rings. The predicted octanol–water partition coefficient (Wildman–Crippen LogP) is 4.35. The van der Waals surface area contributed by atoms with E-state index in [2.05, 4.69) is 40.0 Å². The smallest absolute Gasteiger partial charge is 0.141 e. The van der Waals surface area contributed by atoms with Crippen LogP contribution in [0.3, 0.4) is 0 Å². The first-order chi connectivity index (χ1) is 6.74. The molecule has 0 saturated heterocycles. The molecule has 0 unspecified atom stereocenters. The number of rotatable bonds is 2. The topological polar surface area (TPSA) is 9.23 Å². The molecule has 1 aromatic carbocycles. The number of thiophene rings is 1. The molecule has 2 aromatic rings. The minimum Gasteiger partial charge on any atom is -0.492 e. The number of thiol groups is 1. The Morgan fingerprint density at radius 3 is 3.07 bits per heavy atom. The van der Waals surface area contributed by atoms with E-state index in [1.165, 1.54) is 4.70 Å². The summed E-state index contributed by atoms with van der Waals surface area (Å²) in [6.07, 6.45) is 0. The van der Waals surface area contributed by atoms with Gasteiger partial charge in [-0.1, -0.05) is 0 Å². The molecule has 0 atom stereocenters. The number of hydrogen-bond acceptors (Lipinski definition) is 3. The van der Waals surface area contributed by atoms with E-state index < -0.39 is 0 Å². The fraction of sp³-hybridized carbons (Fsp3) is 0.200. The Kier molecular flexibility index (Phi) is 3.04. The Morgan fingerprint density at radius 2 is 2.36 bits per heavy atom. The van der Waals surface area contributed by atoms with Crippen molar-refractivity contribution in [2.45, 2.75) is 11.8 Å². The first-order valence-electron chi connectivity index (χ1n) is 4.25. The van der Waals surface area contributed by atoms with Crippen molar-refractivity contribution in [2.24, 2.45) is 0 Å². The van der Waals surface area contributed by atoms with Gasteiger partial charge in [0.2, 0.25) is 0 Å². The van der Waals surface area contributed by atoms with Gasteiger partial charge in [0.05, 0.1) is 11.3 Å². The number of ether oxygens (including phenoxy) is 1. The summed E-state index contributed by atoms with van der Waals surface area (Å²) in [5, 5.41) is 3.20. The minimum absolute atomic E-state index is 0.667. The van der Waals surface area contributed by atoms with Crippen LogP contribution in [0, 0.1) is 0 Å². The van der Waals surface area contributed by atoms with Crippen molar-refractivity contribution in [3.63, 3.8) is 0 Å². The molecule has 0 bridgehead atoms. The quantitative estimate of drug-likeness (QED) is 0.809. The van der Waals surface area contributed by atoms with Crippen molar-refractivity contribution in [3.05, 3.63) is 22.0 Å². The zero-order valence-corrected chi connectivity index (χ0v) is 10.9. The molecule has 0 aliphatic carbocycles. The SMILES string of the molecule is CCOc1c(S)cc(Br)c2sccc12. The molecule has 1 nitrogen and oxygen atoms in total. The lowest BCUT2D eigenvalue weighted by Gasteiger charge is -2.08. The van der Waals surface area contributed by atoms with Crippen molar-refractivity contribution in [1.29, 1.82) is 0 Å². The molecule has 0 spiro atoms. The largest absolute Gasteiger partial charge is 0.492 e. The third kappa shape index (κ3) is 1.66. The molecular formula is C10H9BrOS2. The van der Waals surface area contributed by atoms with E-state index in [4.69, 9.17) is 4.74 Å². The van der Waals surface area contributed by atoms with E-state index in [1.807, 2.05) is 13.0 Å². The summed E-state index contributed by atoms with van der Waals surface area (Å²) in [7, 11) is 0. The Hall–Kier alpha value is -0.190. The Labute approximate surface area is 101 Å². The van der Waals surface area contributed by atoms with E-state index in [-0.39, 0.29) is 0 Å². The summed E-state index contributed by atoms with van der Waals surface area (Å²) in [6.45, 7) is 2.65. The summed E-state index contributed by atoms with van der Waals surface area (Å²) >= 11 is 9.62. The van der Waals surface area contributed by atoms with Gasteiger partial charge in [0.15, 0.2) is 0 Å². The van der Waals surface area contributed by atoms with Gasteiger partial charge in [-0.15, -0.1) is 24.0 Å². The monoisotopic (exact) mass is 288 g/mol. The van der Waals surface area contributed by atoms with Crippen LogP contribution >= 0.6 is 39.9 Å². The summed E-state index contributed by atoms with van der Waals surface area (Å²) in [5.74, 6) is 0.885. The standard InChI is InChI=1S/C10H9BrOS2/c1-2-12-9-6-3-4-14-10(6)7(11)5-8(9)13/h3-5,13H,2H2,1H3. The van der Waals surface area contributed by atoms with Gasteiger partial charge in [-0.2, -0.15) is 0 Å². The van der Waals surface area contributed by atoms with Crippen molar-refractivity contribution in [2.75, 3.05) is 6.61 Å². The Bertz CT molecular complexity index is 464. The van der Waals surface area contributed by atoms with Gasteiger partial charge >= 0.3 is 0 Å². The van der Waals surface area contributed by atoms with Crippen LogP contribution in [-0.2, 0) is 0 Å². The minimum atomic E-state index is 0.667. The van der Waals surface area contributed by atoms with Crippen LogP contribution in [0.15, 0.2) is 26.9 Å². The van der Waals surface area contributed by atoms with Crippen molar-refractivity contribution >= 4 is 50.0 Å². The van der Waals surface area contributed by atoms with Gasteiger partial charge in [0.25, 0.3) is 0 Å². The second-order valence-corrected chi connectivity index (χ2v) is 5.06. The molecule has 0 aliphatic rings. The number of benzene rings is 1. The highest BCUT2D eigenvalue weighted by atomic mass is 79.9. The van der Waals surface area contributed by atoms with Crippen LogP contribution in [0.25, 0.3) is 10.1 Å². The first-order valence-corrected chi connectivity index (χ1v) is 6.37. The van der Waals surface area contributed by atoms with Gasteiger partial charge in [-0.25, -0.2) is 0 Å². The highest BCUT2D eigenvalue weighted by molar-refractivity contribution is 9.10. The van der Waals surface area contributed by atoms with E-state index in [0.29, 0.717) is 6.61 Å². The van der Waals surface area contributed by atoms with Crippen LogP contribution < -0.4 is 4.74 Å². The second-order valence-electron chi connectivity index (χ2n) is 2.80. The molecule has 4 heteroatoms. The zero-order valence-electron chi connectivity index (χ0n) is 7.58. The molecule has 1 aromatic heterocycles. The summed E-state index contributed by atoms with van der Waals surface area (Å²) in [6, 6.07) is 4.04. The second kappa shape index (κ2) is 4.13. The highest BCUT2D eigenvalue weighted by Gasteiger charge is 2.10. The van der Waals surface area contributed by atoms with Gasteiger partial charge in [-0.3, -0.25) is 0 Å². The maximum atomic E-state index is 5.57. The molecule has 14 heavy (non-hydrogen) atoms. The van der Waals surface area contributed by atoms with Crippen LogP contribution in [0.5, 0.6) is 5.75 Å². The van der Waals surface area contributed by atoms with Crippen LogP contribution in [-0.4, -0.2) is 6.61 Å². The lowest BCUT2D eigenvalue weighted by molar-refractivity contribution is 0.337. The molecule has 2 rings (SSSR count). The zero-order chi connectivity index (χ0) is 10.1. The number of fused-ring (bicyclic) bond motifs is 1. The van der Waals surface area contributed by atoms with Gasteiger partial charge < -0.3 is 4.74 Å². The fourth-order valence-electron chi connectivity index (χ4n) is 1.36. The van der Waals surface area contributed by atoms with E-state index >= 15 is 0 Å². The third-order valence-electron chi connectivity index (χ3n) is 1.91. The van der Waals surface area contributed by atoms with E-state index in [9.17, 15) is 0 Å². The van der Waals surface area contributed by atoms with Crippen molar-refractivity contribution in [1.82, 2.24) is 0 Å². The summed E-state index contributed by atoms with van der Waals surface area (Å²) < 4.78 is 7.87. The number of hydrogen-bond donors (Lipinski definition) is 1. The van der Waals surface area contributed by atoms with Gasteiger partial charge in [0, 0.05) is 14.8 Å². The van der Waals surface area contributed by atoms with Crippen LogP contribution in [0.1, 0.15) is 6.92 Å². The maximum absolute atomic E-state index is 5.57. The average molecular weight is 289 g/mol. The average Bonchev–Trinajstić information content (AvgIpc) is 2.60. The maximum Gasteiger partial charge on any atom is 0.141 e. The van der Waals surface area contributed by atoms with E-state index in [1.54, 1.807) is 11.3 Å². The molecule has 74 valence electrons. The fourth-order valence-corrected chi connectivity index (χ4v) is 3.37.